The second-order valence-corrected chi connectivity index (χ2v) is 5.69. The zero-order valence-corrected chi connectivity index (χ0v) is 12.5. The summed E-state index contributed by atoms with van der Waals surface area (Å²) in [4.78, 5) is 16.3. The number of carbonyl (C=O) groups is 1. The topological polar surface area (TPSA) is 77.2 Å². The Morgan fingerprint density at radius 1 is 1.30 bits per heavy atom. The molecule has 0 aliphatic carbocycles. The summed E-state index contributed by atoms with van der Waals surface area (Å²) in [5, 5.41) is 0.750. The van der Waals surface area contributed by atoms with Crippen molar-refractivity contribution in [2.24, 2.45) is 5.84 Å². The Labute approximate surface area is 121 Å². The van der Waals surface area contributed by atoms with E-state index in [0.717, 1.165) is 21.9 Å². The number of ether oxygens (including phenoxy) is 1. The first kappa shape index (κ1) is 14.5. The van der Waals surface area contributed by atoms with E-state index in [1.54, 1.807) is 6.92 Å². The summed E-state index contributed by atoms with van der Waals surface area (Å²) >= 11 is 1.29. The number of rotatable bonds is 4. The Kier molecular flexibility index (Phi) is 4.36. The van der Waals surface area contributed by atoms with Crippen LogP contribution in [-0.4, -0.2) is 10.9 Å². The molecule has 0 aliphatic rings. The van der Waals surface area contributed by atoms with Gasteiger partial charge in [-0.15, -0.1) is 11.3 Å². The molecule has 106 valence electrons. The number of nitrogens with two attached hydrogens (primary N) is 1. The zero-order valence-electron chi connectivity index (χ0n) is 11.7. The summed E-state index contributed by atoms with van der Waals surface area (Å²) in [5.41, 5.74) is 5.08. The quantitative estimate of drug-likeness (QED) is 0.514. The van der Waals surface area contributed by atoms with E-state index in [1.165, 1.54) is 11.3 Å². The van der Waals surface area contributed by atoms with E-state index < -0.39 is 0 Å². The van der Waals surface area contributed by atoms with Crippen LogP contribution in [-0.2, 0) is 6.61 Å². The van der Waals surface area contributed by atoms with E-state index in [2.05, 4.69) is 16.5 Å². The molecule has 0 aliphatic heterocycles. The highest BCUT2D eigenvalue weighted by atomic mass is 32.1. The molecule has 2 rings (SSSR count). The van der Waals surface area contributed by atoms with E-state index >= 15 is 0 Å². The van der Waals surface area contributed by atoms with E-state index in [1.807, 2.05) is 26.0 Å². The van der Waals surface area contributed by atoms with Crippen LogP contribution in [0.2, 0.25) is 0 Å². The molecule has 2 aromatic rings. The van der Waals surface area contributed by atoms with Crippen LogP contribution in [0.15, 0.2) is 18.2 Å². The summed E-state index contributed by atoms with van der Waals surface area (Å²) in [6.07, 6.45) is 0. The number of thiazole rings is 1. The van der Waals surface area contributed by atoms with Gasteiger partial charge in [-0.2, -0.15) is 0 Å². The first-order valence-electron chi connectivity index (χ1n) is 6.18. The Hall–Kier alpha value is -1.92. The molecule has 1 aromatic carbocycles. The minimum Gasteiger partial charge on any atom is -0.486 e. The lowest BCUT2D eigenvalue weighted by atomic mass is 10.1. The maximum Gasteiger partial charge on any atom is 0.277 e. The number of hydrogen-bond donors (Lipinski definition) is 2. The van der Waals surface area contributed by atoms with Crippen molar-refractivity contribution in [2.45, 2.75) is 27.4 Å². The second kappa shape index (κ2) is 6.02. The highest BCUT2D eigenvalue weighted by molar-refractivity contribution is 7.13. The van der Waals surface area contributed by atoms with Crippen LogP contribution in [0.3, 0.4) is 0 Å². The molecular formula is C14H17N3O2S. The van der Waals surface area contributed by atoms with Crippen LogP contribution in [0.25, 0.3) is 0 Å². The summed E-state index contributed by atoms with van der Waals surface area (Å²) < 4.78 is 5.72. The van der Waals surface area contributed by atoms with Gasteiger partial charge in [0.05, 0.1) is 5.69 Å². The van der Waals surface area contributed by atoms with Gasteiger partial charge in [0.2, 0.25) is 0 Å². The van der Waals surface area contributed by atoms with Gasteiger partial charge in [0.1, 0.15) is 22.2 Å². The first-order valence-corrected chi connectivity index (χ1v) is 6.99. The molecule has 0 bridgehead atoms. The smallest absolute Gasteiger partial charge is 0.277 e. The fourth-order valence-electron chi connectivity index (χ4n) is 1.95. The third-order valence-corrected chi connectivity index (χ3v) is 3.87. The highest BCUT2D eigenvalue weighted by Gasteiger charge is 2.14. The molecule has 0 unspecified atom stereocenters. The van der Waals surface area contributed by atoms with Crippen LogP contribution in [0.1, 0.15) is 31.5 Å². The number of hydrazine groups is 1. The first-order chi connectivity index (χ1) is 9.49. The molecule has 0 atom stereocenters. The molecule has 0 fully saturated rings. The number of benzene rings is 1. The normalized spacial score (nSPS) is 10.4. The second-order valence-electron chi connectivity index (χ2n) is 4.61. The Morgan fingerprint density at radius 2 is 1.95 bits per heavy atom. The third kappa shape index (κ3) is 3.34. The predicted molar refractivity (Wildman–Crippen MR) is 78.8 cm³/mol. The summed E-state index contributed by atoms with van der Waals surface area (Å²) in [5.74, 6) is 5.61. The Balaban J connectivity index is 2.09. The van der Waals surface area contributed by atoms with Gasteiger partial charge in [-0.1, -0.05) is 6.07 Å². The molecule has 6 heteroatoms. The highest BCUT2D eigenvalue weighted by Crippen LogP contribution is 2.21. The van der Waals surface area contributed by atoms with E-state index in [9.17, 15) is 4.79 Å². The molecular weight excluding hydrogens is 274 g/mol. The van der Waals surface area contributed by atoms with Crippen molar-refractivity contribution in [3.63, 3.8) is 0 Å². The van der Waals surface area contributed by atoms with Crippen molar-refractivity contribution < 1.29 is 9.53 Å². The zero-order chi connectivity index (χ0) is 14.7. The third-order valence-electron chi connectivity index (χ3n) is 2.74. The lowest BCUT2D eigenvalue weighted by Gasteiger charge is -2.06. The van der Waals surface area contributed by atoms with Crippen molar-refractivity contribution in [1.82, 2.24) is 10.4 Å². The fourth-order valence-corrected chi connectivity index (χ4v) is 2.83. The van der Waals surface area contributed by atoms with Gasteiger partial charge in [-0.05, 0) is 44.0 Å². The minimum atomic E-state index is -0.322. The maximum atomic E-state index is 11.5. The molecule has 1 aromatic heterocycles. The van der Waals surface area contributed by atoms with Gasteiger partial charge >= 0.3 is 0 Å². The van der Waals surface area contributed by atoms with Crippen LogP contribution in [0.5, 0.6) is 5.75 Å². The molecule has 5 nitrogen and oxygen atoms in total. The monoisotopic (exact) mass is 291 g/mol. The number of aryl methyl sites for hydroxylation is 3. The molecule has 1 heterocycles. The molecule has 0 radical (unpaired) electrons. The fraction of sp³-hybridized carbons (Fsp3) is 0.286. The van der Waals surface area contributed by atoms with E-state index in [4.69, 9.17) is 10.6 Å². The largest absolute Gasteiger partial charge is 0.486 e. The van der Waals surface area contributed by atoms with E-state index in [-0.39, 0.29) is 5.91 Å². The van der Waals surface area contributed by atoms with Gasteiger partial charge in [0.15, 0.2) is 0 Å². The SMILES string of the molecule is Cc1cc(C)cc(OCc2nc(C)c(C(=O)NN)s2)c1. The van der Waals surface area contributed by atoms with Crippen molar-refractivity contribution in [3.05, 3.63) is 44.9 Å². The number of carbonyl (C=O) groups excluding carboxylic acids is 1. The van der Waals surface area contributed by atoms with Crippen molar-refractivity contribution in [3.8, 4) is 5.75 Å². The number of nitrogens with zero attached hydrogens (tertiary/aromatic N) is 1. The Morgan fingerprint density at radius 3 is 2.55 bits per heavy atom. The van der Waals surface area contributed by atoms with Crippen LogP contribution in [0, 0.1) is 20.8 Å². The molecule has 0 saturated heterocycles. The Bertz CT molecular complexity index is 617. The molecule has 0 saturated carbocycles. The number of nitrogens with one attached hydrogen (secondary N) is 1. The lowest BCUT2D eigenvalue weighted by Crippen LogP contribution is -2.29. The van der Waals surface area contributed by atoms with Crippen molar-refractivity contribution >= 4 is 17.2 Å². The summed E-state index contributed by atoms with van der Waals surface area (Å²) in [7, 11) is 0. The van der Waals surface area contributed by atoms with E-state index in [0.29, 0.717) is 17.2 Å². The van der Waals surface area contributed by atoms with Crippen LogP contribution < -0.4 is 16.0 Å². The summed E-state index contributed by atoms with van der Waals surface area (Å²) in [6, 6.07) is 6.03. The number of hydrogen-bond acceptors (Lipinski definition) is 5. The molecule has 20 heavy (non-hydrogen) atoms. The van der Waals surface area contributed by atoms with Crippen LogP contribution >= 0.6 is 11.3 Å². The van der Waals surface area contributed by atoms with Gasteiger partial charge in [-0.3, -0.25) is 10.2 Å². The average Bonchev–Trinajstić information content (AvgIpc) is 2.76. The van der Waals surface area contributed by atoms with Gasteiger partial charge in [-0.25, -0.2) is 10.8 Å². The van der Waals surface area contributed by atoms with Gasteiger partial charge in [0, 0.05) is 0 Å². The standard InChI is InChI=1S/C14H17N3O2S/c1-8-4-9(2)6-11(5-8)19-7-12-16-10(3)13(20-12)14(18)17-15/h4-6H,7,15H2,1-3H3,(H,17,18). The predicted octanol–water partition coefficient (Wildman–Crippen LogP) is 2.25. The molecule has 1 amide bonds. The molecule has 3 N–H and O–H groups in total. The van der Waals surface area contributed by atoms with Gasteiger partial charge < -0.3 is 4.74 Å². The number of amides is 1. The van der Waals surface area contributed by atoms with Gasteiger partial charge in [0.25, 0.3) is 5.91 Å². The van der Waals surface area contributed by atoms with Crippen LogP contribution in [0.4, 0.5) is 0 Å². The number of nitrogen functional groups attached to an aromatic ring is 1. The average molecular weight is 291 g/mol. The van der Waals surface area contributed by atoms with Crippen molar-refractivity contribution in [1.29, 1.82) is 0 Å². The minimum absolute atomic E-state index is 0.322. The van der Waals surface area contributed by atoms with Crippen molar-refractivity contribution in [2.75, 3.05) is 0 Å². The maximum absolute atomic E-state index is 11.5. The molecule has 0 spiro atoms. The lowest BCUT2D eigenvalue weighted by molar-refractivity contribution is 0.0957. The number of aromatic nitrogens is 1. The summed E-state index contributed by atoms with van der Waals surface area (Å²) in [6.45, 7) is 6.17.